The highest BCUT2D eigenvalue weighted by molar-refractivity contribution is 6.31. The van der Waals surface area contributed by atoms with E-state index in [1.54, 1.807) is 0 Å². The summed E-state index contributed by atoms with van der Waals surface area (Å²) >= 11 is 5.90. The number of hydrogen-bond donors (Lipinski definition) is 1. The van der Waals surface area contributed by atoms with Gasteiger partial charge in [-0.1, -0.05) is 18.5 Å². The molecule has 15 heavy (non-hydrogen) atoms. The fourth-order valence-electron chi connectivity index (χ4n) is 1.54. The number of hydrogen-bond acceptors (Lipinski definition) is 2. The average Bonchev–Trinajstić information content (AvgIpc) is 2.60. The Morgan fingerprint density at radius 2 is 2.20 bits per heavy atom. The van der Waals surface area contributed by atoms with E-state index in [4.69, 9.17) is 16.0 Å². The molecule has 0 fully saturated rings. The second-order valence-corrected chi connectivity index (χ2v) is 4.01. The van der Waals surface area contributed by atoms with E-state index in [1.165, 1.54) is 0 Å². The maximum absolute atomic E-state index is 5.90. The fraction of sp³-hybridized carbons (Fsp3) is 0.333. The summed E-state index contributed by atoms with van der Waals surface area (Å²) in [6.45, 7) is 3.93. The van der Waals surface area contributed by atoms with Crippen molar-refractivity contribution in [3.8, 4) is 0 Å². The van der Waals surface area contributed by atoms with Crippen molar-refractivity contribution in [2.75, 3.05) is 6.54 Å². The van der Waals surface area contributed by atoms with Crippen molar-refractivity contribution in [3.63, 3.8) is 0 Å². The third-order valence-electron chi connectivity index (χ3n) is 2.26. The molecule has 0 atom stereocenters. The van der Waals surface area contributed by atoms with Crippen LogP contribution in [0, 0.1) is 0 Å². The molecule has 2 rings (SSSR count). The molecule has 2 nitrogen and oxygen atoms in total. The second kappa shape index (κ2) is 4.69. The largest absolute Gasteiger partial charge is 0.460 e. The molecule has 2 aromatic rings. The molecule has 1 aromatic heterocycles. The normalized spacial score (nSPS) is 11.1. The molecule has 1 heterocycles. The molecular weight excluding hydrogens is 210 g/mol. The van der Waals surface area contributed by atoms with E-state index in [9.17, 15) is 0 Å². The summed E-state index contributed by atoms with van der Waals surface area (Å²) in [5.74, 6) is 0.959. The molecule has 0 saturated carbocycles. The molecule has 0 saturated heterocycles. The fourth-order valence-corrected chi connectivity index (χ4v) is 1.73. The van der Waals surface area contributed by atoms with Crippen LogP contribution < -0.4 is 5.32 Å². The summed E-state index contributed by atoms with van der Waals surface area (Å²) in [7, 11) is 0. The zero-order valence-corrected chi connectivity index (χ0v) is 9.47. The number of fused-ring (bicyclic) bond motifs is 1. The molecule has 0 radical (unpaired) electrons. The molecule has 3 heteroatoms. The van der Waals surface area contributed by atoms with E-state index in [2.05, 4.69) is 12.2 Å². The van der Waals surface area contributed by atoms with E-state index in [1.807, 2.05) is 24.3 Å². The van der Waals surface area contributed by atoms with E-state index in [-0.39, 0.29) is 0 Å². The van der Waals surface area contributed by atoms with Crippen LogP contribution in [-0.4, -0.2) is 6.54 Å². The highest BCUT2D eigenvalue weighted by Gasteiger charge is 2.03. The molecule has 0 bridgehead atoms. The number of halogens is 1. The lowest BCUT2D eigenvalue weighted by atomic mass is 10.2. The molecular formula is C12H14ClNO. The first kappa shape index (κ1) is 10.5. The van der Waals surface area contributed by atoms with Gasteiger partial charge < -0.3 is 9.73 Å². The standard InChI is InChI=1S/C12H14ClNO/c1-2-5-14-8-11-7-9-6-10(13)3-4-12(9)15-11/h3-4,6-7,14H,2,5,8H2,1H3. The van der Waals surface area contributed by atoms with Gasteiger partial charge >= 0.3 is 0 Å². The molecule has 0 aliphatic rings. The molecule has 0 aliphatic heterocycles. The van der Waals surface area contributed by atoms with Gasteiger partial charge in [-0.15, -0.1) is 0 Å². The van der Waals surface area contributed by atoms with Crippen LogP contribution in [0.3, 0.4) is 0 Å². The molecule has 0 amide bonds. The van der Waals surface area contributed by atoms with Crippen molar-refractivity contribution >= 4 is 22.6 Å². The predicted molar refractivity (Wildman–Crippen MR) is 63.2 cm³/mol. The molecule has 0 unspecified atom stereocenters. The Morgan fingerprint density at radius 3 is 3.00 bits per heavy atom. The molecule has 80 valence electrons. The van der Waals surface area contributed by atoms with Gasteiger partial charge in [-0.05, 0) is 37.2 Å². The summed E-state index contributed by atoms with van der Waals surface area (Å²) < 4.78 is 5.65. The molecule has 0 aliphatic carbocycles. The second-order valence-electron chi connectivity index (χ2n) is 3.57. The van der Waals surface area contributed by atoms with Crippen LogP contribution in [0.4, 0.5) is 0 Å². The first-order chi connectivity index (χ1) is 7.29. The summed E-state index contributed by atoms with van der Waals surface area (Å²) in [6, 6.07) is 7.70. The van der Waals surface area contributed by atoms with Gasteiger partial charge in [0, 0.05) is 10.4 Å². The number of rotatable bonds is 4. The summed E-state index contributed by atoms with van der Waals surface area (Å²) in [5.41, 5.74) is 0.896. The van der Waals surface area contributed by atoms with E-state index in [0.717, 1.165) is 41.3 Å². The van der Waals surface area contributed by atoms with Crippen LogP contribution in [0.5, 0.6) is 0 Å². The first-order valence-corrected chi connectivity index (χ1v) is 5.56. The third-order valence-corrected chi connectivity index (χ3v) is 2.49. The summed E-state index contributed by atoms with van der Waals surface area (Å²) in [5, 5.41) is 5.11. The number of benzene rings is 1. The quantitative estimate of drug-likeness (QED) is 0.802. The Kier molecular flexibility index (Phi) is 3.29. The highest BCUT2D eigenvalue weighted by Crippen LogP contribution is 2.22. The zero-order valence-electron chi connectivity index (χ0n) is 8.72. The Morgan fingerprint density at radius 1 is 1.33 bits per heavy atom. The van der Waals surface area contributed by atoms with Crippen LogP contribution in [0.15, 0.2) is 28.7 Å². The minimum Gasteiger partial charge on any atom is -0.460 e. The first-order valence-electron chi connectivity index (χ1n) is 5.18. The van der Waals surface area contributed by atoms with E-state index >= 15 is 0 Å². The highest BCUT2D eigenvalue weighted by atomic mass is 35.5. The van der Waals surface area contributed by atoms with Gasteiger partial charge in [0.2, 0.25) is 0 Å². The number of nitrogens with one attached hydrogen (secondary N) is 1. The monoisotopic (exact) mass is 223 g/mol. The molecule has 1 N–H and O–H groups in total. The Bertz CT molecular complexity index is 450. The Hall–Kier alpha value is -0.990. The van der Waals surface area contributed by atoms with Crippen LogP contribution in [0.2, 0.25) is 5.02 Å². The van der Waals surface area contributed by atoms with Crippen molar-refractivity contribution < 1.29 is 4.42 Å². The lowest BCUT2D eigenvalue weighted by Crippen LogP contribution is -2.12. The lowest BCUT2D eigenvalue weighted by molar-refractivity contribution is 0.513. The predicted octanol–water partition coefficient (Wildman–Crippen LogP) is 3.59. The van der Waals surface area contributed by atoms with E-state index < -0.39 is 0 Å². The van der Waals surface area contributed by atoms with Crippen molar-refractivity contribution in [1.29, 1.82) is 0 Å². The van der Waals surface area contributed by atoms with Crippen molar-refractivity contribution in [2.45, 2.75) is 19.9 Å². The minimum absolute atomic E-state index is 0.747. The van der Waals surface area contributed by atoms with Crippen molar-refractivity contribution in [1.82, 2.24) is 5.32 Å². The third kappa shape index (κ3) is 2.52. The van der Waals surface area contributed by atoms with Crippen LogP contribution in [0.1, 0.15) is 19.1 Å². The smallest absolute Gasteiger partial charge is 0.134 e. The molecule has 1 aromatic carbocycles. The Balaban J connectivity index is 2.16. The SMILES string of the molecule is CCCNCc1cc2cc(Cl)ccc2o1. The zero-order chi connectivity index (χ0) is 10.7. The van der Waals surface area contributed by atoms with Gasteiger partial charge in [0.05, 0.1) is 6.54 Å². The van der Waals surface area contributed by atoms with Gasteiger partial charge in [0.15, 0.2) is 0 Å². The summed E-state index contributed by atoms with van der Waals surface area (Å²) in [4.78, 5) is 0. The van der Waals surface area contributed by atoms with Gasteiger partial charge in [-0.2, -0.15) is 0 Å². The maximum Gasteiger partial charge on any atom is 0.134 e. The average molecular weight is 224 g/mol. The van der Waals surface area contributed by atoms with Crippen molar-refractivity contribution in [3.05, 3.63) is 35.0 Å². The molecule has 0 spiro atoms. The van der Waals surface area contributed by atoms with Gasteiger partial charge in [0.1, 0.15) is 11.3 Å². The Labute approximate surface area is 94.2 Å². The topological polar surface area (TPSA) is 25.2 Å². The van der Waals surface area contributed by atoms with E-state index in [0.29, 0.717) is 0 Å². The minimum atomic E-state index is 0.747. The van der Waals surface area contributed by atoms with Crippen LogP contribution >= 0.6 is 11.6 Å². The van der Waals surface area contributed by atoms with Crippen molar-refractivity contribution in [2.24, 2.45) is 0 Å². The van der Waals surface area contributed by atoms with Gasteiger partial charge in [-0.25, -0.2) is 0 Å². The van der Waals surface area contributed by atoms with Crippen LogP contribution in [-0.2, 0) is 6.54 Å². The van der Waals surface area contributed by atoms with Gasteiger partial charge in [0.25, 0.3) is 0 Å². The maximum atomic E-state index is 5.90. The lowest BCUT2D eigenvalue weighted by Gasteiger charge is -1.97. The van der Waals surface area contributed by atoms with Gasteiger partial charge in [-0.3, -0.25) is 0 Å². The summed E-state index contributed by atoms with van der Waals surface area (Å²) in [6.07, 6.45) is 1.13. The van der Waals surface area contributed by atoms with Crippen LogP contribution in [0.25, 0.3) is 11.0 Å². The number of furan rings is 1.